The van der Waals surface area contributed by atoms with E-state index in [4.69, 9.17) is 4.74 Å². The second-order valence-electron chi connectivity index (χ2n) is 4.43. The van der Waals surface area contributed by atoms with E-state index in [1.165, 1.54) is 12.2 Å². The molecule has 0 bridgehead atoms. The summed E-state index contributed by atoms with van der Waals surface area (Å²) in [7, 11) is 0. The van der Waals surface area contributed by atoms with Gasteiger partial charge in [0, 0.05) is 0 Å². The number of ether oxygens (including phenoxy) is 2. The van der Waals surface area contributed by atoms with Gasteiger partial charge in [0.25, 0.3) is 0 Å². The third-order valence-electron chi connectivity index (χ3n) is 1.83. The second-order valence-corrected chi connectivity index (χ2v) is 4.43. The molecule has 0 unspecified atom stereocenters. The molecule has 104 valence electrons. The Morgan fingerprint density at radius 2 is 1.72 bits per heavy atom. The third kappa shape index (κ3) is 7.17. The summed E-state index contributed by atoms with van der Waals surface area (Å²) < 4.78 is 46.2. The number of rotatable bonds is 6. The molecule has 0 rings (SSSR count). The van der Waals surface area contributed by atoms with Gasteiger partial charge in [-0.1, -0.05) is 0 Å². The zero-order valence-corrected chi connectivity index (χ0v) is 11.3. The van der Waals surface area contributed by atoms with Crippen molar-refractivity contribution in [3.05, 3.63) is 36.1 Å². The molecule has 18 heavy (non-hydrogen) atoms. The van der Waals surface area contributed by atoms with Crippen molar-refractivity contribution >= 4 is 0 Å². The topological polar surface area (TPSA) is 18.5 Å². The van der Waals surface area contributed by atoms with Crippen molar-refractivity contribution in [1.29, 1.82) is 0 Å². The number of hydrogen-bond acceptors (Lipinski definition) is 2. The third-order valence-corrected chi connectivity index (χ3v) is 1.83. The van der Waals surface area contributed by atoms with Crippen LogP contribution in [0, 0.1) is 0 Å². The zero-order chi connectivity index (χ0) is 14.3. The Morgan fingerprint density at radius 1 is 1.17 bits per heavy atom. The van der Waals surface area contributed by atoms with Gasteiger partial charge in [0.2, 0.25) is 0 Å². The van der Waals surface area contributed by atoms with Gasteiger partial charge in [0.15, 0.2) is 0 Å². The lowest BCUT2D eigenvalue weighted by Gasteiger charge is -2.24. The van der Waals surface area contributed by atoms with Crippen LogP contribution in [0.5, 0.6) is 0 Å². The van der Waals surface area contributed by atoms with E-state index in [9.17, 15) is 13.2 Å². The van der Waals surface area contributed by atoms with Crippen LogP contribution in [0.15, 0.2) is 36.1 Å². The maximum atomic E-state index is 12.6. The lowest BCUT2D eigenvalue weighted by atomic mass is 10.1. The monoisotopic (exact) mass is 264 g/mol. The summed E-state index contributed by atoms with van der Waals surface area (Å²) in [5, 5.41) is 0. The molecule has 0 saturated carbocycles. The summed E-state index contributed by atoms with van der Waals surface area (Å²) in [5.41, 5.74) is -0.597. The van der Waals surface area contributed by atoms with Gasteiger partial charge in [-0.15, -0.1) is 0 Å². The Labute approximate surface area is 106 Å². The van der Waals surface area contributed by atoms with Crippen LogP contribution in [0.2, 0.25) is 0 Å². The lowest BCUT2D eigenvalue weighted by molar-refractivity contribution is -0.0228. The normalized spacial score (nSPS) is 13.3. The molecule has 0 aromatic rings. The fourth-order valence-electron chi connectivity index (χ4n) is 1.26. The predicted octanol–water partition coefficient (Wildman–Crippen LogP) is 4.70. The number of hydrogen-bond donors (Lipinski definition) is 0. The van der Waals surface area contributed by atoms with Crippen LogP contribution in [0.25, 0.3) is 0 Å². The summed E-state index contributed by atoms with van der Waals surface area (Å²) in [4.78, 5) is 0. The Hall–Kier alpha value is -1.23. The molecule has 0 heterocycles. The maximum absolute atomic E-state index is 12.6. The number of allylic oxidation sites excluding steroid dienone is 2. The Bertz CT molecular complexity index is 351. The van der Waals surface area contributed by atoms with Crippen molar-refractivity contribution in [2.45, 2.75) is 46.3 Å². The van der Waals surface area contributed by atoms with Crippen molar-refractivity contribution in [2.75, 3.05) is 0 Å². The van der Waals surface area contributed by atoms with Crippen LogP contribution in [0.1, 0.15) is 34.6 Å². The van der Waals surface area contributed by atoms with Gasteiger partial charge in [-0.3, -0.25) is 0 Å². The molecule has 0 atom stereocenters. The molecular formula is C13H19F3O2. The molecule has 0 aliphatic rings. The van der Waals surface area contributed by atoms with Crippen LogP contribution in [0.4, 0.5) is 13.2 Å². The van der Waals surface area contributed by atoms with E-state index in [2.05, 4.69) is 4.74 Å². The summed E-state index contributed by atoms with van der Waals surface area (Å²) in [6.07, 6.45) is 1.92. The Morgan fingerprint density at radius 3 is 2.11 bits per heavy atom. The Kier molecular flexibility index (Phi) is 6.76. The van der Waals surface area contributed by atoms with Gasteiger partial charge < -0.3 is 9.47 Å². The van der Waals surface area contributed by atoms with Crippen molar-refractivity contribution in [1.82, 2.24) is 0 Å². The summed E-state index contributed by atoms with van der Waals surface area (Å²) in [5.74, 6) is -0.0132. The summed E-state index contributed by atoms with van der Waals surface area (Å²) in [6, 6.07) is -1.89. The predicted molar refractivity (Wildman–Crippen MR) is 64.6 cm³/mol. The second kappa shape index (κ2) is 7.26. The molecule has 0 aromatic heterocycles. The standard InChI is InChI=1S/C13H19F3O2/c1-6-10(17-12(16)11(14)15)7-8-13(4,5)18-9(2)3/h6-9H,1-5H3/b8-7-,10-6+. The minimum absolute atomic E-state index is 0.0132. The van der Waals surface area contributed by atoms with Crippen molar-refractivity contribution in [3.8, 4) is 0 Å². The SMILES string of the molecule is C/C=C(\C=C/C(C)(C)OC(C)C)OC(F)=C(F)F. The van der Waals surface area contributed by atoms with Crippen LogP contribution in [-0.4, -0.2) is 11.7 Å². The first-order chi connectivity index (χ1) is 8.18. The van der Waals surface area contributed by atoms with Crippen LogP contribution < -0.4 is 0 Å². The highest BCUT2D eigenvalue weighted by atomic mass is 19.3. The molecule has 0 N–H and O–H groups in total. The molecule has 0 fully saturated rings. The highest BCUT2D eigenvalue weighted by molar-refractivity contribution is 5.16. The van der Waals surface area contributed by atoms with E-state index >= 15 is 0 Å². The molecule has 0 radical (unpaired) electrons. The molecule has 0 saturated heterocycles. The Balaban J connectivity index is 4.70. The van der Waals surface area contributed by atoms with E-state index in [0.29, 0.717) is 0 Å². The van der Waals surface area contributed by atoms with Gasteiger partial charge in [-0.25, -0.2) is 0 Å². The minimum atomic E-state index is -2.49. The maximum Gasteiger partial charge on any atom is 0.344 e. The average molecular weight is 264 g/mol. The first kappa shape index (κ1) is 16.8. The average Bonchev–Trinajstić information content (AvgIpc) is 2.21. The molecule has 2 nitrogen and oxygen atoms in total. The first-order valence-electron chi connectivity index (χ1n) is 5.60. The fourth-order valence-corrected chi connectivity index (χ4v) is 1.26. The minimum Gasteiger partial charge on any atom is -0.428 e. The lowest BCUT2D eigenvalue weighted by Crippen LogP contribution is -2.25. The molecule has 0 aliphatic heterocycles. The van der Waals surface area contributed by atoms with E-state index in [-0.39, 0.29) is 11.9 Å². The van der Waals surface area contributed by atoms with E-state index in [0.717, 1.165) is 0 Å². The largest absolute Gasteiger partial charge is 0.428 e. The van der Waals surface area contributed by atoms with Crippen molar-refractivity contribution < 1.29 is 22.6 Å². The van der Waals surface area contributed by atoms with Crippen LogP contribution >= 0.6 is 0 Å². The molecule has 0 aromatic carbocycles. The fraction of sp³-hybridized carbons (Fsp3) is 0.538. The van der Waals surface area contributed by atoms with Crippen LogP contribution in [-0.2, 0) is 9.47 Å². The van der Waals surface area contributed by atoms with Gasteiger partial charge in [0.05, 0.1) is 11.7 Å². The molecular weight excluding hydrogens is 245 g/mol. The van der Waals surface area contributed by atoms with E-state index < -0.39 is 17.7 Å². The van der Waals surface area contributed by atoms with Gasteiger partial charge in [0.1, 0.15) is 5.76 Å². The smallest absolute Gasteiger partial charge is 0.344 e. The quantitative estimate of drug-likeness (QED) is 0.511. The van der Waals surface area contributed by atoms with E-state index in [1.54, 1.807) is 26.8 Å². The van der Waals surface area contributed by atoms with Crippen molar-refractivity contribution in [2.24, 2.45) is 0 Å². The van der Waals surface area contributed by atoms with Crippen LogP contribution in [0.3, 0.4) is 0 Å². The summed E-state index contributed by atoms with van der Waals surface area (Å²) in [6.45, 7) is 8.92. The highest BCUT2D eigenvalue weighted by Gasteiger charge is 2.16. The van der Waals surface area contributed by atoms with Gasteiger partial charge in [-0.05, 0) is 52.8 Å². The highest BCUT2D eigenvalue weighted by Crippen LogP contribution is 2.19. The van der Waals surface area contributed by atoms with E-state index in [1.807, 2.05) is 13.8 Å². The van der Waals surface area contributed by atoms with Gasteiger partial charge >= 0.3 is 12.1 Å². The molecule has 0 spiro atoms. The molecule has 5 heteroatoms. The number of halogens is 3. The van der Waals surface area contributed by atoms with Crippen molar-refractivity contribution in [3.63, 3.8) is 0 Å². The first-order valence-corrected chi connectivity index (χ1v) is 5.60. The van der Waals surface area contributed by atoms with Gasteiger partial charge in [-0.2, -0.15) is 13.2 Å². The summed E-state index contributed by atoms with van der Waals surface area (Å²) >= 11 is 0. The molecule has 0 aliphatic carbocycles. The molecule has 0 amide bonds. The zero-order valence-electron chi connectivity index (χ0n) is 11.3.